The Kier molecular flexibility index (Phi) is 3.98. The average molecular weight is 313 g/mol. The van der Waals surface area contributed by atoms with E-state index in [2.05, 4.69) is 10.4 Å². The molecule has 6 nitrogen and oxygen atoms in total. The average Bonchev–Trinajstić information content (AvgIpc) is 3.15. The van der Waals surface area contributed by atoms with Crippen molar-refractivity contribution in [1.29, 1.82) is 5.26 Å². The number of benzene rings is 1. The number of carbonyl (C=O) groups is 1. The quantitative estimate of drug-likeness (QED) is 0.943. The van der Waals surface area contributed by atoms with E-state index in [9.17, 15) is 9.18 Å². The minimum atomic E-state index is -0.385. The molecule has 0 aliphatic carbocycles. The lowest BCUT2D eigenvalue weighted by molar-refractivity contribution is -0.114. The molecule has 0 spiro atoms. The molecule has 0 radical (unpaired) electrons. The van der Waals surface area contributed by atoms with Crippen molar-refractivity contribution in [2.75, 3.05) is 23.3 Å². The van der Waals surface area contributed by atoms with Gasteiger partial charge in [-0.15, -0.1) is 0 Å². The number of carbonyl (C=O) groups excluding carboxylic acids is 1. The van der Waals surface area contributed by atoms with Crippen molar-refractivity contribution in [3.8, 4) is 6.07 Å². The van der Waals surface area contributed by atoms with Crippen molar-refractivity contribution < 1.29 is 9.18 Å². The maximum absolute atomic E-state index is 14.1. The highest BCUT2D eigenvalue weighted by Gasteiger charge is 2.26. The second-order valence-corrected chi connectivity index (χ2v) is 5.53. The Morgan fingerprint density at radius 3 is 3.00 bits per heavy atom. The fourth-order valence-corrected chi connectivity index (χ4v) is 2.80. The molecule has 2 heterocycles. The Morgan fingerprint density at radius 1 is 1.48 bits per heavy atom. The van der Waals surface area contributed by atoms with Crippen molar-refractivity contribution in [2.24, 2.45) is 0 Å². The first-order chi connectivity index (χ1) is 11.1. The Morgan fingerprint density at radius 2 is 2.30 bits per heavy atom. The summed E-state index contributed by atoms with van der Waals surface area (Å²) in [6, 6.07) is 8.31. The second kappa shape index (κ2) is 6.08. The maximum Gasteiger partial charge on any atom is 0.222 e. The molecule has 3 rings (SSSR count). The van der Waals surface area contributed by atoms with Gasteiger partial charge in [-0.3, -0.25) is 9.48 Å². The van der Waals surface area contributed by atoms with Crippen LogP contribution in [0.4, 0.5) is 15.9 Å². The first kappa shape index (κ1) is 15.0. The van der Waals surface area contributed by atoms with E-state index >= 15 is 0 Å². The summed E-state index contributed by atoms with van der Waals surface area (Å²) in [6.45, 7) is 2.77. The van der Waals surface area contributed by atoms with Gasteiger partial charge in [-0.25, -0.2) is 4.39 Å². The maximum atomic E-state index is 14.1. The summed E-state index contributed by atoms with van der Waals surface area (Å²) in [7, 11) is 0. The molecule has 23 heavy (non-hydrogen) atoms. The van der Waals surface area contributed by atoms with Crippen molar-refractivity contribution in [3.63, 3.8) is 0 Å². The smallest absolute Gasteiger partial charge is 0.222 e. The van der Waals surface area contributed by atoms with Crippen LogP contribution in [0, 0.1) is 17.1 Å². The first-order valence-corrected chi connectivity index (χ1v) is 7.34. The summed E-state index contributed by atoms with van der Waals surface area (Å²) in [6.07, 6.45) is 2.65. The van der Waals surface area contributed by atoms with Gasteiger partial charge in [0, 0.05) is 32.3 Å². The van der Waals surface area contributed by atoms with Crippen LogP contribution >= 0.6 is 0 Å². The van der Waals surface area contributed by atoms with E-state index in [0.29, 0.717) is 30.2 Å². The molecule has 0 unspecified atom stereocenters. The number of aromatic nitrogens is 2. The molecule has 2 aromatic rings. The topological polar surface area (TPSA) is 74.0 Å². The van der Waals surface area contributed by atoms with E-state index < -0.39 is 0 Å². The van der Waals surface area contributed by atoms with Crippen molar-refractivity contribution >= 4 is 17.4 Å². The van der Waals surface area contributed by atoms with Crippen LogP contribution < -0.4 is 10.2 Å². The largest absolute Gasteiger partial charge is 0.367 e. The van der Waals surface area contributed by atoms with E-state index in [1.165, 1.54) is 13.0 Å². The van der Waals surface area contributed by atoms with Crippen LogP contribution in [-0.4, -0.2) is 28.8 Å². The highest BCUT2D eigenvalue weighted by Crippen LogP contribution is 2.29. The van der Waals surface area contributed by atoms with E-state index in [1.807, 2.05) is 17.2 Å². The molecule has 1 amide bonds. The lowest BCUT2D eigenvalue weighted by atomic mass is 10.2. The molecule has 1 aromatic carbocycles. The summed E-state index contributed by atoms with van der Waals surface area (Å²) in [4.78, 5) is 13.0. The van der Waals surface area contributed by atoms with Crippen LogP contribution in [0.15, 0.2) is 30.5 Å². The van der Waals surface area contributed by atoms with Gasteiger partial charge in [0.2, 0.25) is 5.91 Å². The van der Waals surface area contributed by atoms with Gasteiger partial charge in [-0.05, 0) is 24.6 Å². The third kappa shape index (κ3) is 3.16. The molecule has 0 saturated carbocycles. The Bertz CT molecular complexity index is 779. The highest BCUT2D eigenvalue weighted by molar-refractivity contribution is 5.87. The molecule has 1 aliphatic rings. The molecule has 1 aromatic heterocycles. The molecule has 1 fully saturated rings. The van der Waals surface area contributed by atoms with Gasteiger partial charge in [-0.1, -0.05) is 0 Å². The number of halogens is 1. The van der Waals surface area contributed by atoms with E-state index in [1.54, 1.807) is 22.9 Å². The highest BCUT2D eigenvalue weighted by atomic mass is 19.1. The lowest BCUT2D eigenvalue weighted by Crippen LogP contribution is -2.22. The number of rotatable bonds is 3. The van der Waals surface area contributed by atoms with E-state index in [4.69, 9.17) is 5.26 Å². The number of nitrogens with one attached hydrogen (secondary N) is 1. The molecule has 118 valence electrons. The number of amides is 1. The van der Waals surface area contributed by atoms with Gasteiger partial charge in [0.05, 0.1) is 23.4 Å². The standard InChI is InChI=1S/C16H16FN5O/c1-11(23)19-16-5-7-22(20-16)13-4-6-21(10-13)15-3-2-12(9-18)8-14(15)17/h2-3,5,7-8,13H,4,6,10H2,1H3,(H,19,20,23)/t13-/m1/s1. The van der Waals surface area contributed by atoms with Crippen LogP contribution in [0.2, 0.25) is 0 Å². The predicted molar refractivity (Wildman–Crippen MR) is 83.5 cm³/mol. The molecule has 1 atom stereocenters. The first-order valence-electron chi connectivity index (χ1n) is 7.34. The molecular weight excluding hydrogens is 297 g/mol. The number of nitrogens with zero attached hydrogens (tertiary/aromatic N) is 4. The summed E-state index contributed by atoms with van der Waals surface area (Å²) < 4.78 is 15.9. The monoisotopic (exact) mass is 313 g/mol. The van der Waals surface area contributed by atoms with Crippen LogP contribution in [0.25, 0.3) is 0 Å². The van der Waals surface area contributed by atoms with E-state index in [-0.39, 0.29) is 17.8 Å². The Hall–Kier alpha value is -2.88. The second-order valence-electron chi connectivity index (χ2n) is 5.53. The SMILES string of the molecule is CC(=O)Nc1ccn([C@@H]2CCN(c3ccc(C#N)cc3F)C2)n1. The Balaban J connectivity index is 1.72. The molecule has 1 aliphatic heterocycles. The molecular formula is C16H16FN5O. The van der Waals surface area contributed by atoms with Crippen molar-refractivity contribution in [2.45, 2.75) is 19.4 Å². The Labute approximate surface area is 133 Å². The summed E-state index contributed by atoms with van der Waals surface area (Å²) >= 11 is 0. The third-order valence-electron chi connectivity index (χ3n) is 3.87. The van der Waals surface area contributed by atoms with Crippen LogP contribution in [0.1, 0.15) is 24.9 Å². The normalized spacial score (nSPS) is 17.1. The third-order valence-corrected chi connectivity index (χ3v) is 3.87. The summed E-state index contributed by atoms with van der Waals surface area (Å²) in [5.41, 5.74) is 0.815. The van der Waals surface area contributed by atoms with Gasteiger partial charge in [0.1, 0.15) is 5.82 Å². The minimum absolute atomic E-state index is 0.118. The van der Waals surface area contributed by atoms with Gasteiger partial charge < -0.3 is 10.2 Å². The molecule has 1 N–H and O–H groups in total. The zero-order valence-corrected chi connectivity index (χ0v) is 12.7. The number of hydrogen-bond acceptors (Lipinski definition) is 4. The van der Waals surface area contributed by atoms with E-state index in [0.717, 1.165) is 6.42 Å². The number of hydrogen-bond donors (Lipinski definition) is 1. The predicted octanol–water partition coefficient (Wildman–Crippen LogP) is 2.30. The lowest BCUT2D eigenvalue weighted by Gasteiger charge is -2.19. The van der Waals surface area contributed by atoms with Crippen LogP contribution in [0.3, 0.4) is 0 Å². The molecule has 7 heteroatoms. The number of nitriles is 1. The van der Waals surface area contributed by atoms with Crippen LogP contribution in [0.5, 0.6) is 0 Å². The van der Waals surface area contributed by atoms with Crippen molar-refractivity contribution in [1.82, 2.24) is 9.78 Å². The van der Waals surface area contributed by atoms with Gasteiger partial charge in [-0.2, -0.15) is 10.4 Å². The molecule has 0 bridgehead atoms. The van der Waals surface area contributed by atoms with Gasteiger partial charge in [0.15, 0.2) is 5.82 Å². The molecule has 1 saturated heterocycles. The minimum Gasteiger partial charge on any atom is -0.367 e. The number of anilines is 2. The van der Waals surface area contributed by atoms with Gasteiger partial charge in [0.25, 0.3) is 0 Å². The zero-order valence-electron chi connectivity index (χ0n) is 12.7. The van der Waals surface area contributed by atoms with Gasteiger partial charge >= 0.3 is 0 Å². The van der Waals surface area contributed by atoms with Crippen molar-refractivity contribution in [3.05, 3.63) is 41.8 Å². The fourth-order valence-electron chi connectivity index (χ4n) is 2.80. The fraction of sp³-hybridized carbons (Fsp3) is 0.312. The van der Waals surface area contributed by atoms with Crippen LogP contribution in [-0.2, 0) is 4.79 Å². The summed E-state index contributed by atoms with van der Waals surface area (Å²) in [5, 5.41) is 15.8. The summed E-state index contributed by atoms with van der Waals surface area (Å²) in [5.74, 6) is -0.0347. The zero-order chi connectivity index (χ0) is 16.4.